The van der Waals surface area contributed by atoms with Crippen molar-refractivity contribution >= 4 is 0 Å². The standard InChI is InChI=1S/C12H26N2O/c1-10(2)14(8-11(3)15)9-12-4-6-13-7-5-12/h10-13,15H,4-9H2,1-3H3. The van der Waals surface area contributed by atoms with Crippen molar-refractivity contribution < 1.29 is 5.11 Å². The molecular formula is C12H26N2O. The van der Waals surface area contributed by atoms with Crippen molar-refractivity contribution in [1.29, 1.82) is 0 Å². The molecule has 1 saturated heterocycles. The average Bonchev–Trinajstić information content (AvgIpc) is 2.17. The molecule has 1 heterocycles. The van der Waals surface area contributed by atoms with Crippen LogP contribution < -0.4 is 5.32 Å². The van der Waals surface area contributed by atoms with Crippen molar-refractivity contribution in [2.24, 2.45) is 5.92 Å². The molecule has 1 unspecified atom stereocenters. The number of rotatable bonds is 5. The van der Waals surface area contributed by atoms with Crippen molar-refractivity contribution in [1.82, 2.24) is 10.2 Å². The Morgan fingerprint density at radius 3 is 2.33 bits per heavy atom. The lowest BCUT2D eigenvalue weighted by atomic mass is 9.97. The second-order valence-electron chi connectivity index (χ2n) is 5.09. The van der Waals surface area contributed by atoms with Gasteiger partial charge in [0, 0.05) is 19.1 Å². The summed E-state index contributed by atoms with van der Waals surface area (Å²) >= 11 is 0. The molecule has 3 heteroatoms. The second kappa shape index (κ2) is 6.46. The van der Waals surface area contributed by atoms with E-state index in [0.717, 1.165) is 32.1 Å². The lowest BCUT2D eigenvalue weighted by Crippen LogP contribution is -2.42. The molecule has 0 aromatic carbocycles. The Morgan fingerprint density at radius 2 is 1.87 bits per heavy atom. The van der Waals surface area contributed by atoms with Crippen molar-refractivity contribution in [3.05, 3.63) is 0 Å². The Bertz CT molecular complexity index is 165. The van der Waals surface area contributed by atoms with E-state index in [1.807, 2.05) is 6.92 Å². The zero-order chi connectivity index (χ0) is 11.3. The summed E-state index contributed by atoms with van der Waals surface area (Å²) < 4.78 is 0. The molecule has 0 aromatic heterocycles. The molecule has 3 nitrogen and oxygen atoms in total. The first-order valence-corrected chi connectivity index (χ1v) is 6.22. The van der Waals surface area contributed by atoms with Crippen LogP contribution in [0.25, 0.3) is 0 Å². The molecule has 0 saturated carbocycles. The minimum absolute atomic E-state index is 0.214. The van der Waals surface area contributed by atoms with Gasteiger partial charge in [0.15, 0.2) is 0 Å². The molecule has 0 spiro atoms. The van der Waals surface area contributed by atoms with Gasteiger partial charge in [-0.15, -0.1) is 0 Å². The zero-order valence-corrected chi connectivity index (χ0v) is 10.4. The van der Waals surface area contributed by atoms with Gasteiger partial charge in [-0.1, -0.05) is 0 Å². The van der Waals surface area contributed by atoms with Gasteiger partial charge in [-0.25, -0.2) is 0 Å². The summed E-state index contributed by atoms with van der Waals surface area (Å²) in [6.07, 6.45) is 2.35. The maximum absolute atomic E-state index is 9.45. The predicted octanol–water partition coefficient (Wildman–Crippen LogP) is 1.08. The monoisotopic (exact) mass is 214 g/mol. The normalized spacial score (nSPS) is 21.2. The van der Waals surface area contributed by atoms with Crippen LogP contribution in [0.2, 0.25) is 0 Å². The van der Waals surface area contributed by atoms with Crippen molar-refractivity contribution in [3.63, 3.8) is 0 Å². The van der Waals surface area contributed by atoms with E-state index >= 15 is 0 Å². The lowest BCUT2D eigenvalue weighted by molar-refractivity contribution is 0.0900. The first kappa shape index (κ1) is 12.9. The van der Waals surface area contributed by atoms with Crippen LogP contribution in [0.5, 0.6) is 0 Å². The van der Waals surface area contributed by atoms with E-state index < -0.39 is 0 Å². The van der Waals surface area contributed by atoms with Gasteiger partial charge in [0.1, 0.15) is 0 Å². The Kier molecular flexibility index (Phi) is 5.58. The largest absolute Gasteiger partial charge is 0.392 e. The number of aliphatic hydroxyl groups is 1. The molecule has 0 bridgehead atoms. The molecule has 15 heavy (non-hydrogen) atoms. The van der Waals surface area contributed by atoms with Gasteiger partial charge in [0.05, 0.1) is 6.10 Å². The summed E-state index contributed by atoms with van der Waals surface area (Å²) in [6, 6.07) is 0.537. The van der Waals surface area contributed by atoms with Crippen molar-refractivity contribution in [3.8, 4) is 0 Å². The fourth-order valence-corrected chi connectivity index (χ4v) is 2.23. The molecule has 1 rings (SSSR count). The summed E-state index contributed by atoms with van der Waals surface area (Å²) in [5.41, 5.74) is 0. The number of nitrogens with zero attached hydrogens (tertiary/aromatic N) is 1. The van der Waals surface area contributed by atoms with E-state index in [1.165, 1.54) is 12.8 Å². The van der Waals surface area contributed by atoms with E-state index in [0.29, 0.717) is 6.04 Å². The highest BCUT2D eigenvalue weighted by molar-refractivity contribution is 4.75. The second-order valence-corrected chi connectivity index (χ2v) is 5.09. The molecule has 1 fully saturated rings. The Labute approximate surface area is 93.9 Å². The molecule has 0 aromatic rings. The third-order valence-electron chi connectivity index (χ3n) is 3.18. The Balaban J connectivity index is 2.35. The zero-order valence-electron chi connectivity index (χ0n) is 10.4. The van der Waals surface area contributed by atoms with E-state index in [-0.39, 0.29) is 6.10 Å². The first-order valence-electron chi connectivity index (χ1n) is 6.22. The van der Waals surface area contributed by atoms with Crippen LogP contribution in [0.15, 0.2) is 0 Å². The number of aliphatic hydroxyl groups excluding tert-OH is 1. The minimum Gasteiger partial charge on any atom is -0.392 e. The van der Waals surface area contributed by atoms with E-state index in [9.17, 15) is 5.11 Å². The molecule has 1 aliphatic rings. The highest BCUT2D eigenvalue weighted by Crippen LogP contribution is 2.15. The molecule has 2 N–H and O–H groups in total. The topological polar surface area (TPSA) is 35.5 Å². The van der Waals surface area contributed by atoms with Crippen LogP contribution >= 0.6 is 0 Å². The number of nitrogens with one attached hydrogen (secondary N) is 1. The molecule has 0 aliphatic carbocycles. The van der Waals surface area contributed by atoms with Gasteiger partial charge >= 0.3 is 0 Å². The van der Waals surface area contributed by atoms with Crippen molar-refractivity contribution in [2.45, 2.75) is 45.8 Å². The summed E-state index contributed by atoms with van der Waals surface area (Å²) in [5.74, 6) is 0.812. The molecule has 1 aliphatic heterocycles. The summed E-state index contributed by atoms with van der Waals surface area (Å²) in [4.78, 5) is 2.40. The number of piperidine rings is 1. The SMILES string of the molecule is CC(O)CN(CC1CCNCC1)C(C)C. The summed E-state index contributed by atoms with van der Waals surface area (Å²) in [6.45, 7) is 10.6. The molecule has 0 amide bonds. The fraction of sp³-hybridized carbons (Fsp3) is 1.00. The minimum atomic E-state index is -0.214. The van der Waals surface area contributed by atoms with Crippen LogP contribution in [0.4, 0.5) is 0 Å². The molecular weight excluding hydrogens is 188 g/mol. The van der Waals surface area contributed by atoms with Gasteiger partial charge in [0.2, 0.25) is 0 Å². The third kappa shape index (κ3) is 4.96. The molecule has 1 atom stereocenters. The van der Waals surface area contributed by atoms with E-state index in [2.05, 4.69) is 24.1 Å². The van der Waals surface area contributed by atoms with Gasteiger partial charge in [0.25, 0.3) is 0 Å². The maximum Gasteiger partial charge on any atom is 0.0639 e. The highest BCUT2D eigenvalue weighted by Gasteiger charge is 2.19. The van der Waals surface area contributed by atoms with E-state index in [1.54, 1.807) is 0 Å². The summed E-state index contributed by atoms with van der Waals surface area (Å²) in [5, 5.41) is 12.8. The van der Waals surface area contributed by atoms with Gasteiger partial charge in [-0.2, -0.15) is 0 Å². The van der Waals surface area contributed by atoms with E-state index in [4.69, 9.17) is 0 Å². The fourth-order valence-electron chi connectivity index (χ4n) is 2.23. The van der Waals surface area contributed by atoms with Gasteiger partial charge in [-0.05, 0) is 52.6 Å². The number of hydrogen-bond acceptors (Lipinski definition) is 3. The molecule has 90 valence electrons. The van der Waals surface area contributed by atoms with Crippen LogP contribution in [0.3, 0.4) is 0 Å². The first-order chi connectivity index (χ1) is 7.09. The highest BCUT2D eigenvalue weighted by atomic mass is 16.3. The van der Waals surface area contributed by atoms with Crippen LogP contribution in [-0.4, -0.2) is 48.3 Å². The third-order valence-corrected chi connectivity index (χ3v) is 3.18. The Hall–Kier alpha value is -0.120. The van der Waals surface area contributed by atoms with Crippen molar-refractivity contribution in [2.75, 3.05) is 26.2 Å². The van der Waals surface area contributed by atoms with Gasteiger partial charge < -0.3 is 10.4 Å². The van der Waals surface area contributed by atoms with Crippen LogP contribution in [0, 0.1) is 5.92 Å². The molecule has 0 radical (unpaired) electrons. The summed E-state index contributed by atoms with van der Waals surface area (Å²) in [7, 11) is 0. The van der Waals surface area contributed by atoms with Crippen LogP contribution in [-0.2, 0) is 0 Å². The average molecular weight is 214 g/mol. The maximum atomic E-state index is 9.45. The smallest absolute Gasteiger partial charge is 0.0639 e. The Morgan fingerprint density at radius 1 is 1.27 bits per heavy atom. The quantitative estimate of drug-likeness (QED) is 0.719. The predicted molar refractivity (Wildman–Crippen MR) is 64.0 cm³/mol. The van der Waals surface area contributed by atoms with Gasteiger partial charge in [-0.3, -0.25) is 4.90 Å². The van der Waals surface area contributed by atoms with Crippen LogP contribution in [0.1, 0.15) is 33.6 Å². The lowest BCUT2D eigenvalue weighted by Gasteiger charge is -2.33. The number of hydrogen-bond donors (Lipinski definition) is 2.